The summed E-state index contributed by atoms with van der Waals surface area (Å²) < 4.78 is 2.01. The van der Waals surface area contributed by atoms with Gasteiger partial charge in [-0.25, -0.2) is 9.97 Å². The SMILES string of the molecule is Cc1nc(-c2cn(C)c3ncccc23)sc1C(=O)NC1CCCCCC1. The number of aromatic nitrogens is 3. The molecule has 1 N–H and O–H groups in total. The van der Waals surface area contributed by atoms with E-state index in [1.807, 2.05) is 30.8 Å². The maximum absolute atomic E-state index is 12.8. The van der Waals surface area contributed by atoms with E-state index in [2.05, 4.69) is 16.4 Å². The number of aryl methyl sites for hydroxylation is 2. The molecule has 3 aromatic heterocycles. The molecule has 136 valence electrons. The summed E-state index contributed by atoms with van der Waals surface area (Å²) in [6.07, 6.45) is 11.0. The van der Waals surface area contributed by atoms with E-state index in [-0.39, 0.29) is 5.91 Å². The first-order chi connectivity index (χ1) is 12.6. The van der Waals surface area contributed by atoms with E-state index in [4.69, 9.17) is 4.98 Å². The number of carbonyl (C=O) groups is 1. The lowest BCUT2D eigenvalue weighted by atomic mass is 10.1. The maximum Gasteiger partial charge on any atom is 0.263 e. The van der Waals surface area contributed by atoms with Crippen molar-refractivity contribution in [3.63, 3.8) is 0 Å². The summed E-state index contributed by atoms with van der Waals surface area (Å²) in [5.41, 5.74) is 2.77. The van der Waals surface area contributed by atoms with Crippen molar-refractivity contribution in [2.24, 2.45) is 7.05 Å². The summed E-state index contributed by atoms with van der Waals surface area (Å²) in [5, 5.41) is 5.19. The molecule has 1 saturated carbocycles. The quantitative estimate of drug-likeness (QED) is 0.695. The van der Waals surface area contributed by atoms with Gasteiger partial charge < -0.3 is 9.88 Å². The first-order valence-electron chi connectivity index (χ1n) is 9.32. The Morgan fingerprint density at radius 1 is 1.27 bits per heavy atom. The van der Waals surface area contributed by atoms with E-state index in [1.54, 1.807) is 6.20 Å². The second-order valence-corrected chi connectivity index (χ2v) is 8.12. The van der Waals surface area contributed by atoms with Crippen LogP contribution in [-0.4, -0.2) is 26.5 Å². The molecule has 0 unspecified atom stereocenters. The lowest BCUT2D eigenvalue weighted by molar-refractivity contribution is 0.0936. The smallest absolute Gasteiger partial charge is 0.263 e. The zero-order valence-corrected chi connectivity index (χ0v) is 16.1. The van der Waals surface area contributed by atoms with Crippen molar-refractivity contribution in [1.82, 2.24) is 19.9 Å². The Morgan fingerprint density at radius 2 is 2.04 bits per heavy atom. The summed E-state index contributed by atoms with van der Waals surface area (Å²) in [7, 11) is 1.99. The number of thiazole rings is 1. The minimum Gasteiger partial charge on any atom is -0.349 e. The zero-order valence-electron chi connectivity index (χ0n) is 15.3. The largest absolute Gasteiger partial charge is 0.349 e. The molecule has 5 nitrogen and oxygen atoms in total. The normalized spacial score (nSPS) is 15.9. The van der Waals surface area contributed by atoms with Crippen LogP contribution < -0.4 is 5.32 Å². The van der Waals surface area contributed by atoms with Crippen LogP contribution >= 0.6 is 11.3 Å². The molecule has 0 bridgehead atoms. The van der Waals surface area contributed by atoms with Crippen molar-refractivity contribution in [3.8, 4) is 10.6 Å². The Morgan fingerprint density at radius 3 is 2.81 bits per heavy atom. The molecule has 6 heteroatoms. The molecule has 0 aromatic carbocycles. The number of nitrogens with zero attached hydrogens (tertiary/aromatic N) is 3. The van der Waals surface area contributed by atoms with Crippen molar-refractivity contribution >= 4 is 28.3 Å². The van der Waals surface area contributed by atoms with Gasteiger partial charge in [0, 0.05) is 36.4 Å². The zero-order chi connectivity index (χ0) is 18.1. The third-order valence-corrected chi connectivity index (χ3v) is 6.35. The van der Waals surface area contributed by atoms with E-state index in [9.17, 15) is 4.79 Å². The van der Waals surface area contributed by atoms with Crippen molar-refractivity contribution in [2.45, 2.75) is 51.5 Å². The predicted molar refractivity (Wildman–Crippen MR) is 106 cm³/mol. The van der Waals surface area contributed by atoms with E-state index in [0.29, 0.717) is 6.04 Å². The van der Waals surface area contributed by atoms with Gasteiger partial charge in [0.2, 0.25) is 0 Å². The average Bonchev–Trinajstić information content (AvgIpc) is 3.06. The van der Waals surface area contributed by atoms with Gasteiger partial charge in [0.1, 0.15) is 15.5 Å². The number of hydrogen-bond donors (Lipinski definition) is 1. The highest BCUT2D eigenvalue weighted by molar-refractivity contribution is 7.17. The molecule has 4 rings (SSSR count). The van der Waals surface area contributed by atoms with E-state index < -0.39 is 0 Å². The van der Waals surface area contributed by atoms with Crippen LogP contribution in [0.5, 0.6) is 0 Å². The average molecular weight is 369 g/mol. The van der Waals surface area contributed by atoms with Crippen LogP contribution in [-0.2, 0) is 7.05 Å². The molecule has 1 fully saturated rings. The highest BCUT2D eigenvalue weighted by atomic mass is 32.1. The Balaban J connectivity index is 1.61. The Bertz CT molecular complexity index is 935. The lowest BCUT2D eigenvalue weighted by Gasteiger charge is -2.15. The molecule has 0 saturated heterocycles. The van der Waals surface area contributed by atoms with Crippen molar-refractivity contribution < 1.29 is 4.79 Å². The van der Waals surface area contributed by atoms with Gasteiger partial charge in [0.15, 0.2) is 0 Å². The minimum atomic E-state index is 0.0245. The molecule has 1 amide bonds. The van der Waals surface area contributed by atoms with Crippen molar-refractivity contribution in [3.05, 3.63) is 35.1 Å². The predicted octanol–water partition coefficient (Wildman–Crippen LogP) is 4.46. The van der Waals surface area contributed by atoms with E-state index >= 15 is 0 Å². The second kappa shape index (κ2) is 7.19. The standard InChI is InChI=1S/C20H24N4OS/c1-13-17(19(25)23-14-8-5-3-4-6-9-14)26-20(22-13)16-12-24(2)18-15(16)10-7-11-21-18/h7,10-12,14H,3-6,8-9H2,1-2H3,(H,23,25). The number of hydrogen-bond acceptors (Lipinski definition) is 4. The number of pyridine rings is 1. The summed E-state index contributed by atoms with van der Waals surface area (Å²) in [4.78, 5) is 22.7. The van der Waals surface area contributed by atoms with Crippen LogP contribution in [0.25, 0.3) is 21.6 Å². The van der Waals surface area contributed by atoms with Gasteiger partial charge in [-0.05, 0) is 31.9 Å². The topological polar surface area (TPSA) is 59.8 Å². The number of fused-ring (bicyclic) bond motifs is 1. The molecule has 0 spiro atoms. The van der Waals surface area contributed by atoms with Crippen LogP contribution in [0.4, 0.5) is 0 Å². The Kier molecular flexibility index (Phi) is 4.76. The molecule has 0 radical (unpaired) electrons. The van der Waals surface area contributed by atoms with Crippen molar-refractivity contribution in [2.75, 3.05) is 0 Å². The number of amides is 1. The molecule has 3 heterocycles. The first kappa shape index (κ1) is 17.2. The molecular formula is C20H24N4OS. The van der Waals surface area contributed by atoms with Gasteiger partial charge in [-0.3, -0.25) is 4.79 Å². The van der Waals surface area contributed by atoms with Gasteiger partial charge in [-0.2, -0.15) is 0 Å². The lowest BCUT2D eigenvalue weighted by Crippen LogP contribution is -2.34. The minimum absolute atomic E-state index is 0.0245. The number of rotatable bonds is 3. The summed E-state index contributed by atoms with van der Waals surface area (Å²) >= 11 is 1.48. The fourth-order valence-electron chi connectivity index (χ4n) is 3.78. The van der Waals surface area contributed by atoms with Gasteiger partial charge >= 0.3 is 0 Å². The van der Waals surface area contributed by atoms with Gasteiger partial charge in [0.25, 0.3) is 5.91 Å². The molecule has 0 aliphatic heterocycles. The van der Waals surface area contributed by atoms with Crippen LogP contribution in [0.15, 0.2) is 24.5 Å². The number of carbonyl (C=O) groups excluding carboxylic acids is 1. The van der Waals surface area contributed by atoms with Crippen LogP contribution in [0, 0.1) is 6.92 Å². The van der Waals surface area contributed by atoms with Crippen LogP contribution in [0.3, 0.4) is 0 Å². The summed E-state index contributed by atoms with van der Waals surface area (Å²) in [5.74, 6) is 0.0245. The Labute approximate surface area is 157 Å². The molecule has 1 aliphatic carbocycles. The second-order valence-electron chi connectivity index (χ2n) is 7.12. The molecule has 1 aliphatic rings. The van der Waals surface area contributed by atoms with Crippen molar-refractivity contribution in [1.29, 1.82) is 0 Å². The van der Waals surface area contributed by atoms with Gasteiger partial charge in [0.05, 0.1) is 5.69 Å². The van der Waals surface area contributed by atoms with E-state index in [0.717, 1.165) is 45.0 Å². The van der Waals surface area contributed by atoms with Gasteiger partial charge in [-0.15, -0.1) is 11.3 Å². The van der Waals surface area contributed by atoms with Crippen LogP contribution in [0.1, 0.15) is 53.9 Å². The Hall–Kier alpha value is -2.21. The summed E-state index contributed by atoms with van der Waals surface area (Å²) in [6.45, 7) is 1.92. The third kappa shape index (κ3) is 3.26. The van der Waals surface area contributed by atoms with Crippen LogP contribution in [0.2, 0.25) is 0 Å². The highest BCUT2D eigenvalue weighted by Crippen LogP contribution is 2.33. The fraction of sp³-hybridized carbons (Fsp3) is 0.450. The number of nitrogens with one attached hydrogen (secondary N) is 1. The maximum atomic E-state index is 12.8. The summed E-state index contributed by atoms with van der Waals surface area (Å²) in [6, 6.07) is 4.29. The highest BCUT2D eigenvalue weighted by Gasteiger charge is 2.21. The fourth-order valence-corrected chi connectivity index (χ4v) is 4.77. The first-order valence-corrected chi connectivity index (χ1v) is 10.1. The molecule has 26 heavy (non-hydrogen) atoms. The van der Waals surface area contributed by atoms with E-state index in [1.165, 1.54) is 37.0 Å². The van der Waals surface area contributed by atoms with Gasteiger partial charge in [-0.1, -0.05) is 25.7 Å². The third-order valence-electron chi connectivity index (χ3n) is 5.16. The monoisotopic (exact) mass is 368 g/mol. The molecular weight excluding hydrogens is 344 g/mol. The molecule has 0 atom stereocenters. The molecule has 3 aromatic rings.